The highest BCUT2D eigenvalue weighted by Crippen LogP contribution is 2.22. The number of anilines is 1. The van der Waals surface area contributed by atoms with E-state index in [0.717, 1.165) is 49.5 Å². The number of benzene rings is 1. The molecule has 1 atom stereocenters. The molecule has 1 fully saturated rings. The molecule has 8 heteroatoms. The molecule has 1 aromatic carbocycles. The molecule has 2 amide bonds. The third kappa shape index (κ3) is 5.20. The molecule has 0 N–H and O–H groups in total. The van der Waals surface area contributed by atoms with Crippen molar-refractivity contribution in [2.45, 2.75) is 26.7 Å². The highest BCUT2D eigenvalue weighted by Gasteiger charge is 2.28. The quantitative estimate of drug-likeness (QED) is 0.515. The lowest BCUT2D eigenvalue weighted by molar-refractivity contribution is 0.214. The lowest BCUT2D eigenvalue weighted by Crippen LogP contribution is -2.32. The number of urea groups is 1. The number of hydrogen-bond acceptors (Lipinski definition) is 6. The first kappa shape index (κ1) is 20.8. The van der Waals surface area contributed by atoms with Gasteiger partial charge in [-0.2, -0.15) is 0 Å². The van der Waals surface area contributed by atoms with Crippen molar-refractivity contribution < 1.29 is 13.9 Å². The average Bonchev–Trinajstić information content (AvgIpc) is 3.39. The first-order chi connectivity index (χ1) is 15.1. The molecule has 1 saturated heterocycles. The smallest absolute Gasteiger partial charge is 0.324 e. The van der Waals surface area contributed by atoms with E-state index in [1.165, 1.54) is 0 Å². The van der Waals surface area contributed by atoms with Gasteiger partial charge in [0.2, 0.25) is 11.8 Å². The van der Waals surface area contributed by atoms with Crippen molar-refractivity contribution in [3.8, 4) is 17.2 Å². The van der Waals surface area contributed by atoms with Crippen molar-refractivity contribution in [1.29, 1.82) is 0 Å². The summed E-state index contributed by atoms with van der Waals surface area (Å²) in [4.78, 5) is 20.4. The number of carbonyl (C=O) groups excluding carboxylic acids is 1. The van der Waals surface area contributed by atoms with Crippen LogP contribution in [0.4, 0.5) is 10.5 Å². The van der Waals surface area contributed by atoms with Gasteiger partial charge in [-0.05, 0) is 55.2 Å². The first-order valence-corrected chi connectivity index (χ1v) is 10.6. The van der Waals surface area contributed by atoms with Gasteiger partial charge in [0.25, 0.3) is 0 Å². The van der Waals surface area contributed by atoms with Gasteiger partial charge in [-0.25, -0.2) is 4.79 Å². The van der Waals surface area contributed by atoms with Gasteiger partial charge < -0.3 is 14.1 Å². The second-order valence-electron chi connectivity index (χ2n) is 7.84. The molecule has 0 aliphatic carbocycles. The van der Waals surface area contributed by atoms with Crippen LogP contribution in [0.2, 0.25) is 0 Å². The molecule has 2 aromatic heterocycles. The second kappa shape index (κ2) is 9.59. The minimum absolute atomic E-state index is 0.0756. The maximum atomic E-state index is 12.6. The Morgan fingerprint density at radius 3 is 2.58 bits per heavy atom. The molecule has 4 rings (SSSR count). The largest absolute Gasteiger partial charge is 0.493 e. The van der Waals surface area contributed by atoms with Gasteiger partial charge in [-0.1, -0.05) is 6.92 Å². The number of hydrogen-bond donors (Lipinski definition) is 0. The highest BCUT2D eigenvalue weighted by atomic mass is 16.5. The maximum absolute atomic E-state index is 12.6. The zero-order valence-corrected chi connectivity index (χ0v) is 17.9. The standard InChI is InChI=1S/C23H27N5O3/c1-17(16-30-21-7-5-19(6-8-21)22-26-25-18(2)31-22)4-3-13-27-14-15-28(23(27)29)20-9-11-24-12-10-20/h5-12,17H,3-4,13-16H2,1-2H3. The molecular formula is C23H27N5O3. The number of amides is 2. The van der Waals surface area contributed by atoms with E-state index in [0.29, 0.717) is 24.3 Å². The molecule has 0 radical (unpaired) electrons. The summed E-state index contributed by atoms with van der Waals surface area (Å²) in [5, 5.41) is 7.87. The van der Waals surface area contributed by atoms with Gasteiger partial charge in [0.05, 0.1) is 6.61 Å². The maximum Gasteiger partial charge on any atom is 0.324 e. The van der Waals surface area contributed by atoms with Crippen LogP contribution in [0.3, 0.4) is 0 Å². The van der Waals surface area contributed by atoms with Crippen LogP contribution < -0.4 is 9.64 Å². The van der Waals surface area contributed by atoms with E-state index >= 15 is 0 Å². The van der Waals surface area contributed by atoms with E-state index < -0.39 is 0 Å². The molecule has 3 heterocycles. The molecule has 1 aliphatic rings. The summed E-state index contributed by atoms with van der Waals surface area (Å²) in [6.07, 6.45) is 5.38. The van der Waals surface area contributed by atoms with Gasteiger partial charge in [0, 0.05) is 50.2 Å². The van der Waals surface area contributed by atoms with Crippen LogP contribution >= 0.6 is 0 Å². The first-order valence-electron chi connectivity index (χ1n) is 10.6. The van der Waals surface area contributed by atoms with Crippen molar-refractivity contribution in [3.05, 3.63) is 54.7 Å². The minimum Gasteiger partial charge on any atom is -0.493 e. The van der Waals surface area contributed by atoms with Crippen LogP contribution in [0, 0.1) is 12.8 Å². The number of pyridine rings is 1. The Morgan fingerprint density at radius 2 is 1.87 bits per heavy atom. The highest BCUT2D eigenvalue weighted by molar-refractivity contribution is 5.93. The molecule has 0 bridgehead atoms. The Bertz CT molecular complexity index is 990. The van der Waals surface area contributed by atoms with Gasteiger partial charge in [0.1, 0.15) is 5.75 Å². The SMILES string of the molecule is Cc1nnc(-c2ccc(OCC(C)CCCN3CCN(c4ccncc4)C3=O)cc2)o1. The third-order valence-corrected chi connectivity index (χ3v) is 5.36. The van der Waals surface area contributed by atoms with E-state index in [2.05, 4.69) is 22.1 Å². The lowest BCUT2D eigenvalue weighted by Gasteiger charge is -2.19. The van der Waals surface area contributed by atoms with Gasteiger partial charge in [-0.15, -0.1) is 10.2 Å². The normalized spacial score (nSPS) is 14.8. The Kier molecular flexibility index (Phi) is 6.45. The zero-order valence-electron chi connectivity index (χ0n) is 17.9. The number of ether oxygens (including phenoxy) is 1. The van der Waals surface area contributed by atoms with Crippen LogP contribution in [-0.4, -0.2) is 52.4 Å². The molecule has 3 aromatic rings. The van der Waals surface area contributed by atoms with Crippen LogP contribution in [-0.2, 0) is 0 Å². The van der Waals surface area contributed by atoms with E-state index in [1.54, 1.807) is 19.3 Å². The summed E-state index contributed by atoms with van der Waals surface area (Å²) < 4.78 is 11.4. The van der Waals surface area contributed by atoms with E-state index in [4.69, 9.17) is 9.15 Å². The predicted octanol–water partition coefficient (Wildman–Crippen LogP) is 4.18. The summed E-state index contributed by atoms with van der Waals surface area (Å²) in [6, 6.07) is 11.5. The second-order valence-corrected chi connectivity index (χ2v) is 7.84. The van der Waals surface area contributed by atoms with Crippen molar-refractivity contribution >= 4 is 11.7 Å². The van der Waals surface area contributed by atoms with Gasteiger partial charge in [0.15, 0.2) is 0 Å². The Morgan fingerprint density at radius 1 is 1.10 bits per heavy atom. The summed E-state index contributed by atoms with van der Waals surface area (Å²) in [6.45, 7) is 6.83. The van der Waals surface area contributed by atoms with Crippen molar-refractivity contribution in [2.75, 3.05) is 31.1 Å². The summed E-state index contributed by atoms with van der Waals surface area (Å²) in [5.74, 6) is 2.27. The van der Waals surface area contributed by atoms with Crippen molar-refractivity contribution in [1.82, 2.24) is 20.1 Å². The van der Waals surface area contributed by atoms with Crippen LogP contribution in [0.15, 0.2) is 53.2 Å². The van der Waals surface area contributed by atoms with E-state index in [9.17, 15) is 4.79 Å². The van der Waals surface area contributed by atoms with Crippen LogP contribution in [0.1, 0.15) is 25.7 Å². The van der Waals surface area contributed by atoms with E-state index in [-0.39, 0.29) is 6.03 Å². The van der Waals surface area contributed by atoms with E-state index in [1.807, 2.05) is 46.2 Å². The Balaban J connectivity index is 1.18. The van der Waals surface area contributed by atoms with Gasteiger partial charge in [-0.3, -0.25) is 9.88 Å². The monoisotopic (exact) mass is 421 g/mol. The number of aromatic nitrogens is 3. The Hall–Kier alpha value is -3.42. The van der Waals surface area contributed by atoms with Gasteiger partial charge >= 0.3 is 6.03 Å². The Labute approximate surface area is 181 Å². The number of rotatable bonds is 9. The molecule has 1 aliphatic heterocycles. The summed E-state index contributed by atoms with van der Waals surface area (Å²) in [5.41, 5.74) is 1.78. The predicted molar refractivity (Wildman–Crippen MR) is 117 cm³/mol. The number of nitrogens with zero attached hydrogens (tertiary/aromatic N) is 5. The molecule has 0 spiro atoms. The summed E-state index contributed by atoms with van der Waals surface area (Å²) >= 11 is 0. The molecular weight excluding hydrogens is 394 g/mol. The fourth-order valence-electron chi connectivity index (χ4n) is 3.61. The van der Waals surface area contributed by atoms with Crippen molar-refractivity contribution in [3.63, 3.8) is 0 Å². The lowest BCUT2D eigenvalue weighted by atomic mass is 10.1. The van der Waals surface area contributed by atoms with Crippen molar-refractivity contribution in [2.24, 2.45) is 5.92 Å². The topological polar surface area (TPSA) is 84.6 Å². The molecule has 0 saturated carbocycles. The minimum atomic E-state index is 0.0756. The zero-order chi connectivity index (χ0) is 21.6. The van der Waals surface area contributed by atoms with Crippen LogP contribution in [0.25, 0.3) is 11.5 Å². The molecule has 162 valence electrons. The van der Waals surface area contributed by atoms with Crippen LogP contribution in [0.5, 0.6) is 5.75 Å². The fraction of sp³-hybridized carbons (Fsp3) is 0.391. The molecule has 31 heavy (non-hydrogen) atoms. The summed E-state index contributed by atoms with van der Waals surface area (Å²) in [7, 11) is 0. The number of carbonyl (C=O) groups is 1. The molecule has 1 unspecified atom stereocenters. The fourth-order valence-corrected chi connectivity index (χ4v) is 3.61. The number of aryl methyl sites for hydroxylation is 1. The average molecular weight is 422 g/mol. The molecule has 8 nitrogen and oxygen atoms in total. The third-order valence-electron chi connectivity index (χ3n) is 5.36.